The summed E-state index contributed by atoms with van der Waals surface area (Å²) >= 11 is 10.7. The van der Waals surface area contributed by atoms with Crippen LogP contribution in [0.15, 0.2) is 36.4 Å². The van der Waals surface area contributed by atoms with E-state index in [4.69, 9.17) is 38.4 Å². The fourth-order valence-electron chi connectivity index (χ4n) is 2.97. The summed E-state index contributed by atoms with van der Waals surface area (Å²) in [6.45, 7) is 10.3. The lowest BCUT2D eigenvalue weighted by atomic mass is 10.2. The number of halogens is 7. The van der Waals surface area contributed by atoms with Crippen LogP contribution in [-0.2, 0) is 0 Å². The predicted molar refractivity (Wildman–Crippen MR) is 161 cm³/mol. The van der Waals surface area contributed by atoms with Crippen molar-refractivity contribution in [1.29, 1.82) is 0 Å². The van der Waals surface area contributed by atoms with Gasteiger partial charge in [-0.3, -0.25) is 0 Å². The summed E-state index contributed by atoms with van der Waals surface area (Å²) in [6, 6.07) is 8.81. The van der Waals surface area contributed by atoms with Gasteiger partial charge in [0, 0.05) is 63.2 Å². The van der Waals surface area contributed by atoms with Gasteiger partial charge in [0.2, 0.25) is 0 Å². The van der Waals surface area contributed by atoms with E-state index in [2.05, 4.69) is 15.5 Å². The van der Waals surface area contributed by atoms with E-state index in [1.165, 1.54) is 30.3 Å². The average molecular weight is 631 g/mol. The monoisotopic (exact) mass is 628 g/mol. The molecule has 0 unspecified atom stereocenters. The van der Waals surface area contributed by atoms with Crippen molar-refractivity contribution in [2.45, 2.75) is 13.8 Å². The molecule has 13 heteroatoms. The summed E-state index contributed by atoms with van der Waals surface area (Å²) in [7, 11) is 0. The zero-order valence-electron chi connectivity index (χ0n) is 21.1. The molecule has 1 aliphatic heterocycles. The molecule has 0 amide bonds. The van der Waals surface area contributed by atoms with Crippen molar-refractivity contribution in [1.82, 2.24) is 10.6 Å². The van der Waals surface area contributed by atoms with Gasteiger partial charge in [0.25, 0.3) is 0 Å². The first-order chi connectivity index (χ1) is 16.5. The van der Waals surface area contributed by atoms with Crippen LogP contribution in [0, 0.1) is 11.6 Å². The molecule has 1 heterocycles. The fraction of sp³-hybridized carbons (Fsp3) is 0.500. The Morgan fingerprint density at radius 2 is 1.35 bits per heavy atom. The van der Waals surface area contributed by atoms with Crippen LogP contribution in [0.2, 0.25) is 0 Å². The Bertz CT molecular complexity index is 819. The third-order valence-electron chi connectivity index (χ3n) is 4.50. The number of piperazine rings is 1. The van der Waals surface area contributed by atoms with Crippen molar-refractivity contribution in [3.63, 3.8) is 0 Å². The molecule has 1 saturated heterocycles. The van der Waals surface area contributed by atoms with Crippen LogP contribution in [0.25, 0.3) is 0 Å². The summed E-state index contributed by atoms with van der Waals surface area (Å²) in [6.07, 6.45) is 0. The lowest BCUT2D eigenvalue weighted by Crippen LogP contribution is -2.43. The number of hydrogen-bond donors (Lipinski definition) is 3. The molecule has 216 valence electrons. The van der Waals surface area contributed by atoms with Gasteiger partial charge in [-0.05, 0) is 38.1 Å². The van der Waals surface area contributed by atoms with Crippen LogP contribution >= 0.6 is 60.4 Å². The fourth-order valence-corrected chi connectivity index (χ4v) is 3.24. The van der Waals surface area contributed by atoms with Crippen LogP contribution in [-0.4, -0.2) is 64.2 Å². The normalized spacial score (nSPS) is 11.7. The Balaban J connectivity index is -0.000000487. The van der Waals surface area contributed by atoms with Gasteiger partial charge in [0.05, 0.1) is 24.6 Å². The maximum atomic E-state index is 13.1. The van der Waals surface area contributed by atoms with Crippen molar-refractivity contribution < 1.29 is 18.3 Å². The Labute approximate surface area is 248 Å². The first-order valence-electron chi connectivity index (χ1n) is 11.3. The molecule has 0 aromatic heterocycles. The van der Waals surface area contributed by atoms with Gasteiger partial charge in [-0.1, -0.05) is 0 Å². The van der Waals surface area contributed by atoms with E-state index in [1.807, 2.05) is 13.8 Å². The minimum Gasteiger partial charge on any atom is -0.492 e. The second-order valence-electron chi connectivity index (χ2n) is 7.03. The molecule has 3 rings (SSSR count). The van der Waals surface area contributed by atoms with Crippen molar-refractivity contribution in [3.8, 4) is 11.5 Å². The number of rotatable bonds is 9. The third-order valence-corrected chi connectivity index (χ3v) is 4.88. The Morgan fingerprint density at radius 3 is 1.86 bits per heavy atom. The van der Waals surface area contributed by atoms with Crippen molar-refractivity contribution in [3.05, 3.63) is 48.0 Å². The SMILES string of the molecule is CCOc1cc(F)ccc1N.CCOc1cc(F)ccc1N1CCNCC1.Cl.Cl.Cl.ClCCNCCCl. The molecule has 0 radical (unpaired) electrons. The molecule has 37 heavy (non-hydrogen) atoms. The van der Waals surface area contributed by atoms with Gasteiger partial charge in [0.15, 0.2) is 0 Å². The highest BCUT2D eigenvalue weighted by atomic mass is 35.5. The first-order valence-corrected chi connectivity index (χ1v) is 12.4. The number of alkyl halides is 2. The number of hydrogen-bond acceptors (Lipinski definition) is 6. The second-order valence-corrected chi connectivity index (χ2v) is 7.78. The van der Waals surface area contributed by atoms with E-state index < -0.39 is 0 Å². The van der Waals surface area contributed by atoms with Gasteiger partial charge in [-0.15, -0.1) is 60.4 Å². The molecule has 2 aromatic carbocycles. The average Bonchev–Trinajstić information content (AvgIpc) is 2.84. The van der Waals surface area contributed by atoms with Crippen molar-refractivity contribution >= 4 is 71.8 Å². The number of nitrogens with zero attached hydrogens (tertiary/aromatic N) is 1. The second kappa shape index (κ2) is 25.2. The van der Waals surface area contributed by atoms with Gasteiger partial charge < -0.3 is 30.7 Å². The highest BCUT2D eigenvalue weighted by Crippen LogP contribution is 2.29. The minimum atomic E-state index is -0.331. The van der Waals surface area contributed by atoms with Crippen LogP contribution in [0.1, 0.15) is 13.8 Å². The van der Waals surface area contributed by atoms with E-state index in [-0.39, 0.29) is 48.9 Å². The number of anilines is 2. The molecule has 4 N–H and O–H groups in total. The molecule has 0 spiro atoms. The third kappa shape index (κ3) is 17.1. The van der Waals surface area contributed by atoms with E-state index in [1.54, 1.807) is 6.07 Å². The highest BCUT2D eigenvalue weighted by Gasteiger charge is 2.15. The van der Waals surface area contributed by atoms with Crippen molar-refractivity contribution in [2.75, 3.05) is 74.9 Å². The summed E-state index contributed by atoms with van der Waals surface area (Å²) in [4.78, 5) is 2.22. The van der Waals surface area contributed by atoms with Crippen LogP contribution in [0.5, 0.6) is 11.5 Å². The number of nitrogen functional groups attached to an aromatic ring is 1. The Kier molecular flexibility index (Phi) is 27.5. The summed E-state index contributed by atoms with van der Waals surface area (Å²) in [5, 5.41) is 6.31. The summed E-state index contributed by atoms with van der Waals surface area (Å²) in [5.74, 6) is 1.80. The smallest absolute Gasteiger partial charge is 0.145 e. The van der Waals surface area contributed by atoms with Gasteiger partial charge in [0.1, 0.15) is 23.1 Å². The highest BCUT2D eigenvalue weighted by molar-refractivity contribution is 6.18. The van der Waals surface area contributed by atoms with E-state index >= 15 is 0 Å². The van der Waals surface area contributed by atoms with Crippen LogP contribution in [0.3, 0.4) is 0 Å². The maximum Gasteiger partial charge on any atom is 0.145 e. The summed E-state index contributed by atoms with van der Waals surface area (Å²) < 4.78 is 36.2. The standard InChI is InChI=1S/C12H17FN2O.C8H10FNO.C4H9Cl2N.3ClH/c1-2-16-12-9-10(13)3-4-11(12)15-7-5-14-6-8-15;1-2-11-8-5-6(9)3-4-7(8)10;5-1-3-7-4-2-6;;;/h3-4,9,14H,2,5-8H2,1H3;3-5H,2,10H2,1H3;7H,1-4H2;3*1H. The molecule has 0 saturated carbocycles. The predicted octanol–water partition coefficient (Wildman–Crippen LogP) is 5.76. The molecular weight excluding hydrogens is 592 g/mol. The molecule has 0 aliphatic carbocycles. The number of ether oxygens (including phenoxy) is 2. The summed E-state index contributed by atoms with van der Waals surface area (Å²) in [5.41, 5.74) is 6.94. The first kappa shape index (κ1) is 40.4. The minimum absolute atomic E-state index is 0. The largest absolute Gasteiger partial charge is 0.492 e. The van der Waals surface area contributed by atoms with Crippen LogP contribution < -0.4 is 30.7 Å². The molecule has 1 fully saturated rings. The molecule has 6 nitrogen and oxygen atoms in total. The topological polar surface area (TPSA) is 71.8 Å². The number of nitrogens with one attached hydrogen (secondary N) is 2. The zero-order chi connectivity index (χ0) is 25.2. The number of benzene rings is 2. The van der Waals surface area contributed by atoms with E-state index in [9.17, 15) is 8.78 Å². The molecule has 0 atom stereocenters. The van der Waals surface area contributed by atoms with Crippen molar-refractivity contribution in [2.24, 2.45) is 0 Å². The maximum absolute atomic E-state index is 13.1. The van der Waals surface area contributed by atoms with E-state index in [0.717, 1.165) is 45.0 Å². The molecule has 2 aromatic rings. The van der Waals surface area contributed by atoms with Gasteiger partial charge >= 0.3 is 0 Å². The molecule has 1 aliphatic rings. The lowest BCUT2D eigenvalue weighted by molar-refractivity contribution is 0.338. The number of nitrogens with two attached hydrogens (primary N) is 1. The Morgan fingerprint density at radius 1 is 0.865 bits per heavy atom. The molecular formula is C24H39Cl5F2N4O2. The van der Waals surface area contributed by atoms with E-state index in [0.29, 0.717) is 42.2 Å². The Hall–Kier alpha value is -1.13. The van der Waals surface area contributed by atoms with Gasteiger partial charge in [-0.25, -0.2) is 8.78 Å². The quantitative estimate of drug-likeness (QED) is 0.186. The lowest BCUT2D eigenvalue weighted by Gasteiger charge is -2.30. The molecule has 0 bridgehead atoms. The van der Waals surface area contributed by atoms with Gasteiger partial charge in [-0.2, -0.15) is 0 Å². The van der Waals surface area contributed by atoms with Crippen LogP contribution in [0.4, 0.5) is 20.2 Å². The zero-order valence-corrected chi connectivity index (χ0v) is 25.1.